The third-order valence-electron chi connectivity index (χ3n) is 3.79. The van der Waals surface area contributed by atoms with Crippen molar-refractivity contribution in [1.82, 2.24) is 4.90 Å². The summed E-state index contributed by atoms with van der Waals surface area (Å²) in [4.78, 5) is 5.05. The number of anilines is 1. The zero-order chi connectivity index (χ0) is 13.0. The fourth-order valence-electron chi connectivity index (χ4n) is 2.67. The zero-order valence-electron chi connectivity index (χ0n) is 11.6. The van der Waals surface area contributed by atoms with E-state index in [-0.39, 0.29) is 0 Å². The van der Waals surface area contributed by atoms with Gasteiger partial charge in [0.15, 0.2) is 0 Å². The summed E-state index contributed by atoms with van der Waals surface area (Å²) in [6, 6.07) is 9.34. The van der Waals surface area contributed by atoms with E-state index in [1.165, 1.54) is 11.3 Å². The molecular formula is C15H25N3. The van der Waals surface area contributed by atoms with Crippen LogP contribution in [0.5, 0.6) is 0 Å². The minimum Gasteiger partial charge on any atom is -0.369 e. The van der Waals surface area contributed by atoms with Gasteiger partial charge in [0, 0.05) is 37.9 Å². The molecule has 1 aromatic rings. The molecule has 0 aromatic heterocycles. The maximum atomic E-state index is 5.69. The number of hydrogen-bond donors (Lipinski definition) is 1. The lowest BCUT2D eigenvalue weighted by molar-refractivity contribution is 0.209. The highest BCUT2D eigenvalue weighted by Gasteiger charge is 2.20. The number of benzene rings is 1. The molecule has 0 amide bonds. The van der Waals surface area contributed by atoms with Crippen LogP contribution < -0.4 is 10.6 Å². The summed E-state index contributed by atoms with van der Waals surface area (Å²) in [5.74, 6) is 0. The molecule has 1 aliphatic heterocycles. The molecule has 0 saturated carbocycles. The Labute approximate surface area is 111 Å². The van der Waals surface area contributed by atoms with Crippen LogP contribution in [0.4, 0.5) is 5.69 Å². The van der Waals surface area contributed by atoms with E-state index in [0.717, 1.165) is 39.1 Å². The van der Waals surface area contributed by atoms with Gasteiger partial charge in [-0.25, -0.2) is 0 Å². The number of nitrogens with zero attached hydrogens (tertiary/aromatic N) is 2. The Morgan fingerprint density at radius 1 is 1.11 bits per heavy atom. The van der Waals surface area contributed by atoms with E-state index in [1.54, 1.807) is 0 Å². The predicted molar refractivity (Wildman–Crippen MR) is 78.1 cm³/mol. The number of piperazine rings is 1. The maximum Gasteiger partial charge on any atom is 0.0400 e. The SMILES string of the molecule is CC(C)N1CCN(c2ccccc2CCN)CC1. The number of hydrogen-bond acceptors (Lipinski definition) is 3. The first-order valence-corrected chi connectivity index (χ1v) is 6.99. The highest BCUT2D eigenvalue weighted by atomic mass is 15.3. The largest absolute Gasteiger partial charge is 0.369 e. The van der Waals surface area contributed by atoms with Gasteiger partial charge in [0.25, 0.3) is 0 Å². The highest BCUT2D eigenvalue weighted by Crippen LogP contribution is 2.22. The van der Waals surface area contributed by atoms with Gasteiger partial charge in [0.05, 0.1) is 0 Å². The Kier molecular flexibility index (Phi) is 4.61. The zero-order valence-corrected chi connectivity index (χ0v) is 11.6. The molecule has 2 N–H and O–H groups in total. The van der Waals surface area contributed by atoms with Crippen LogP contribution in [-0.2, 0) is 6.42 Å². The lowest BCUT2D eigenvalue weighted by atomic mass is 10.1. The van der Waals surface area contributed by atoms with Crippen molar-refractivity contribution in [3.63, 3.8) is 0 Å². The molecule has 1 heterocycles. The van der Waals surface area contributed by atoms with Crippen molar-refractivity contribution < 1.29 is 0 Å². The highest BCUT2D eigenvalue weighted by molar-refractivity contribution is 5.54. The van der Waals surface area contributed by atoms with Crippen molar-refractivity contribution in [2.24, 2.45) is 5.73 Å². The fraction of sp³-hybridized carbons (Fsp3) is 0.600. The second-order valence-corrected chi connectivity index (χ2v) is 5.28. The van der Waals surface area contributed by atoms with Crippen LogP contribution in [0.15, 0.2) is 24.3 Å². The standard InChI is InChI=1S/C15H25N3/c1-13(2)17-9-11-18(12-10-17)15-6-4-3-5-14(15)7-8-16/h3-6,13H,7-12,16H2,1-2H3. The minimum atomic E-state index is 0.659. The first kappa shape index (κ1) is 13.4. The predicted octanol–water partition coefficient (Wildman–Crippen LogP) is 1.72. The molecule has 0 atom stereocenters. The summed E-state index contributed by atoms with van der Waals surface area (Å²) in [7, 11) is 0. The summed E-state index contributed by atoms with van der Waals surface area (Å²) < 4.78 is 0. The molecule has 1 fully saturated rings. The molecule has 1 aliphatic rings. The Bertz CT molecular complexity index is 368. The lowest BCUT2D eigenvalue weighted by Gasteiger charge is -2.38. The molecule has 0 radical (unpaired) electrons. The van der Waals surface area contributed by atoms with Gasteiger partial charge in [0.1, 0.15) is 0 Å². The molecule has 18 heavy (non-hydrogen) atoms. The van der Waals surface area contributed by atoms with Gasteiger partial charge in [-0.1, -0.05) is 18.2 Å². The lowest BCUT2D eigenvalue weighted by Crippen LogP contribution is -2.49. The summed E-state index contributed by atoms with van der Waals surface area (Å²) >= 11 is 0. The smallest absolute Gasteiger partial charge is 0.0400 e. The molecule has 2 rings (SSSR count). The van der Waals surface area contributed by atoms with E-state index in [1.807, 2.05) is 0 Å². The van der Waals surface area contributed by atoms with Gasteiger partial charge in [-0.05, 0) is 38.4 Å². The Morgan fingerprint density at radius 2 is 1.78 bits per heavy atom. The van der Waals surface area contributed by atoms with Crippen LogP contribution >= 0.6 is 0 Å². The quantitative estimate of drug-likeness (QED) is 0.879. The van der Waals surface area contributed by atoms with Crippen molar-refractivity contribution in [2.75, 3.05) is 37.6 Å². The molecule has 0 bridgehead atoms. The first-order chi connectivity index (χ1) is 8.72. The second kappa shape index (κ2) is 6.21. The van der Waals surface area contributed by atoms with E-state index in [2.05, 4.69) is 47.9 Å². The fourth-order valence-corrected chi connectivity index (χ4v) is 2.67. The first-order valence-electron chi connectivity index (χ1n) is 6.99. The van der Waals surface area contributed by atoms with Crippen LogP contribution in [0.3, 0.4) is 0 Å². The van der Waals surface area contributed by atoms with Crippen LogP contribution in [-0.4, -0.2) is 43.7 Å². The summed E-state index contributed by atoms with van der Waals surface area (Å²) in [6.07, 6.45) is 0.973. The van der Waals surface area contributed by atoms with Crippen molar-refractivity contribution in [2.45, 2.75) is 26.3 Å². The van der Waals surface area contributed by atoms with Gasteiger partial charge in [-0.3, -0.25) is 4.90 Å². The van der Waals surface area contributed by atoms with Crippen LogP contribution in [0.25, 0.3) is 0 Å². The molecule has 3 nitrogen and oxygen atoms in total. The van der Waals surface area contributed by atoms with Crippen LogP contribution in [0.1, 0.15) is 19.4 Å². The average molecular weight is 247 g/mol. The molecule has 0 aliphatic carbocycles. The average Bonchev–Trinajstić information content (AvgIpc) is 2.40. The maximum absolute atomic E-state index is 5.69. The van der Waals surface area contributed by atoms with Crippen molar-refractivity contribution in [1.29, 1.82) is 0 Å². The molecule has 100 valence electrons. The molecule has 0 spiro atoms. The molecular weight excluding hydrogens is 222 g/mol. The summed E-state index contributed by atoms with van der Waals surface area (Å²) in [6.45, 7) is 9.85. The Hall–Kier alpha value is -1.06. The Morgan fingerprint density at radius 3 is 2.39 bits per heavy atom. The normalized spacial score (nSPS) is 17.4. The van der Waals surface area contributed by atoms with Gasteiger partial charge in [0.2, 0.25) is 0 Å². The van der Waals surface area contributed by atoms with Crippen LogP contribution in [0.2, 0.25) is 0 Å². The second-order valence-electron chi connectivity index (χ2n) is 5.28. The van der Waals surface area contributed by atoms with Gasteiger partial charge < -0.3 is 10.6 Å². The van der Waals surface area contributed by atoms with Gasteiger partial charge in [-0.15, -0.1) is 0 Å². The van der Waals surface area contributed by atoms with Gasteiger partial charge in [-0.2, -0.15) is 0 Å². The molecule has 1 aromatic carbocycles. The summed E-state index contributed by atoms with van der Waals surface area (Å²) in [5.41, 5.74) is 8.46. The van der Waals surface area contributed by atoms with Crippen LogP contribution in [0, 0.1) is 0 Å². The molecule has 0 unspecified atom stereocenters. The molecule has 1 saturated heterocycles. The van der Waals surface area contributed by atoms with E-state index in [4.69, 9.17) is 5.73 Å². The minimum absolute atomic E-state index is 0.659. The van der Waals surface area contributed by atoms with Crippen molar-refractivity contribution in [3.8, 4) is 0 Å². The van der Waals surface area contributed by atoms with E-state index in [9.17, 15) is 0 Å². The third kappa shape index (κ3) is 3.03. The monoisotopic (exact) mass is 247 g/mol. The Balaban J connectivity index is 2.05. The van der Waals surface area contributed by atoms with E-state index < -0.39 is 0 Å². The summed E-state index contributed by atoms with van der Waals surface area (Å²) in [5, 5.41) is 0. The van der Waals surface area contributed by atoms with E-state index in [0.29, 0.717) is 6.04 Å². The number of nitrogens with two attached hydrogens (primary N) is 1. The number of para-hydroxylation sites is 1. The third-order valence-corrected chi connectivity index (χ3v) is 3.79. The van der Waals surface area contributed by atoms with E-state index >= 15 is 0 Å². The molecule has 3 heteroatoms. The van der Waals surface area contributed by atoms with Crippen molar-refractivity contribution >= 4 is 5.69 Å². The van der Waals surface area contributed by atoms with Gasteiger partial charge >= 0.3 is 0 Å². The number of rotatable bonds is 4. The topological polar surface area (TPSA) is 32.5 Å². The van der Waals surface area contributed by atoms with Crippen molar-refractivity contribution in [3.05, 3.63) is 29.8 Å².